The molecule has 0 unspecified atom stereocenters. The van der Waals surface area contributed by atoms with E-state index in [1.54, 1.807) is 5.56 Å². The number of fused-ring (bicyclic) bond motifs is 7. The van der Waals surface area contributed by atoms with Crippen molar-refractivity contribution in [3.05, 3.63) is 70.5 Å². The van der Waals surface area contributed by atoms with Crippen LogP contribution in [0.1, 0.15) is 101 Å². The summed E-state index contributed by atoms with van der Waals surface area (Å²) in [6.45, 7) is 19.9. The number of aromatic nitrogens is 1. The Balaban J connectivity index is 1.27. The van der Waals surface area contributed by atoms with Crippen LogP contribution >= 0.6 is 0 Å². The number of allylic oxidation sites excluding steroid dienone is 1. The monoisotopic (exact) mass is 567 g/mol. The zero-order valence-electron chi connectivity index (χ0n) is 25.7. The topological polar surface area (TPSA) is 74.7 Å². The van der Waals surface area contributed by atoms with Crippen molar-refractivity contribution in [3.63, 3.8) is 0 Å². The summed E-state index contributed by atoms with van der Waals surface area (Å²) in [4.78, 5) is 4.00. The van der Waals surface area contributed by atoms with Gasteiger partial charge in [-0.25, -0.2) is 0 Å². The maximum Gasteiger partial charge on any atom is 0.108 e. The Bertz CT molecular complexity index is 1650. The minimum atomic E-state index is -1.08. The Morgan fingerprint density at radius 2 is 1.86 bits per heavy atom. The lowest BCUT2D eigenvalue weighted by Gasteiger charge is -2.65. The number of hydrogen-bond donors (Lipinski definition) is 3. The van der Waals surface area contributed by atoms with Crippen LogP contribution in [0.4, 0.5) is 0 Å². The quantitative estimate of drug-likeness (QED) is 0.336. The van der Waals surface area contributed by atoms with Gasteiger partial charge in [0.25, 0.3) is 0 Å². The molecule has 0 spiro atoms. The van der Waals surface area contributed by atoms with Crippen molar-refractivity contribution in [3.8, 4) is 0 Å². The lowest BCUT2D eigenvalue weighted by molar-refractivity contribution is -0.215. The number of ether oxygens (including phenoxy) is 2. The Labute approximate surface area is 249 Å². The van der Waals surface area contributed by atoms with Crippen LogP contribution in [0, 0.1) is 23.2 Å². The van der Waals surface area contributed by atoms with Gasteiger partial charge in [-0.05, 0) is 111 Å². The SMILES string of the molecule is C=C1Cc2ccc3[nH]c4c5c3c2[C@@H]2[C@@H]1C[C@@H]2C(C)(C)O[C@@H]5[C@@H]1CC[C@@]2(O)C3=C[C@@H](O)[C@@H](C(=C)C)O[C@H]3CC[C@]2(C)[C@@]41C. The summed E-state index contributed by atoms with van der Waals surface area (Å²) in [6, 6.07) is 4.63. The van der Waals surface area contributed by atoms with Crippen LogP contribution in [0.25, 0.3) is 10.9 Å². The summed E-state index contributed by atoms with van der Waals surface area (Å²) in [5.74, 6) is 1.74. The van der Waals surface area contributed by atoms with E-state index in [9.17, 15) is 10.2 Å². The third-order valence-corrected chi connectivity index (χ3v) is 14.1. The van der Waals surface area contributed by atoms with Gasteiger partial charge in [0.05, 0.1) is 23.4 Å². The highest BCUT2D eigenvalue weighted by Crippen LogP contribution is 2.74. The van der Waals surface area contributed by atoms with E-state index in [0.717, 1.165) is 43.3 Å². The minimum Gasteiger partial charge on any atom is -0.386 e. The molecule has 5 nitrogen and oxygen atoms in total. The molecule has 0 amide bonds. The first-order valence-corrected chi connectivity index (χ1v) is 16.3. The van der Waals surface area contributed by atoms with Crippen molar-refractivity contribution in [1.82, 2.24) is 4.98 Å². The van der Waals surface area contributed by atoms with E-state index in [1.807, 2.05) is 13.0 Å². The first-order chi connectivity index (χ1) is 19.8. The van der Waals surface area contributed by atoms with Crippen molar-refractivity contribution in [2.24, 2.45) is 23.2 Å². The summed E-state index contributed by atoms with van der Waals surface area (Å²) in [5, 5.41) is 25.5. The number of rotatable bonds is 1. The van der Waals surface area contributed by atoms with Crippen LogP contribution in [-0.4, -0.2) is 44.7 Å². The van der Waals surface area contributed by atoms with E-state index in [4.69, 9.17) is 9.47 Å². The number of H-pyrrole nitrogens is 1. The Hall–Kier alpha value is -2.18. The highest BCUT2D eigenvalue weighted by atomic mass is 16.5. The molecule has 7 aliphatic rings. The fraction of sp³-hybridized carbons (Fsp3) is 0.622. The van der Waals surface area contributed by atoms with Gasteiger partial charge in [-0.2, -0.15) is 0 Å². The molecule has 0 radical (unpaired) electrons. The van der Waals surface area contributed by atoms with Gasteiger partial charge in [0.15, 0.2) is 0 Å². The molecule has 0 saturated heterocycles. The first-order valence-electron chi connectivity index (χ1n) is 16.3. The standard InChI is InChI=1S/C37H45NO4/c1-17(2)31-25(39)16-22-26(41-31)11-12-35(6)36(7)21(10-13-37(22,35)40)32-30-29-24(38-33(30)36)9-8-19-14-18(3)20-15-23(28(20)27(19)29)34(4,5)42-32/h8-9,16,20-21,23,25-26,28,31-32,38-40H,1,3,10-15H2,2,4-7H3/t20-,21+,23+,25-,26+,28-,31-,32-,35-,36-,37-/m1/s1. The summed E-state index contributed by atoms with van der Waals surface area (Å²) in [7, 11) is 0. The molecule has 3 heterocycles. The lowest BCUT2D eigenvalue weighted by Crippen LogP contribution is -2.68. The van der Waals surface area contributed by atoms with Crippen molar-refractivity contribution < 1.29 is 19.7 Å². The van der Waals surface area contributed by atoms with Crippen LogP contribution in [-0.2, 0) is 21.3 Å². The van der Waals surface area contributed by atoms with Gasteiger partial charge in [0.1, 0.15) is 12.2 Å². The van der Waals surface area contributed by atoms with Crippen molar-refractivity contribution in [2.45, 2.75) is 120 Å². The largest absolute Gasteiger partial charge is 0.386 e. The third kappa shape index (κ3) is 2.70. The van der Waals surface area contributed by atoms with E-state index < -0.39 is 23.2 Å². The number of hydrogen-bond acceptors (Lipinski definition) is 4. The Kier molecular flexibility index (Phi) is 4.82. The Morgan fingerprint density at radius 3 is 2.62 bits per heavy atom. The highest BCUT2D eigenvalue weighted by molar-refractivity contribution is 5.92. The number of benzene rings is 1. The second-order valence-corrected chi connectivity index (χ2v) is 16.0. The van der Waals surface area contributed by atoms with E-state index in [0.29, 0.717) is 24.2 Å². The van der Waals surface area contributed by atoms with Crippen molar-refractivity contribution in [1.29, 1.82) is 0 Å². The fourth-order valence-electron chi connectivity index (χ4n) is 11.7. The Morgan fingerprint density at radius 1 is 1.07 bits per heavy atom. The van der Waals surface area contributed by atoms with Crippen molar-refractivity contribution >= 4 is 10.9 Å². The van der Waals surface area contributed by atoms with Crippen LogP contribution in [0.2, 0.25) is 0 Å². The molecule has 42 heavy (non-hydrogen) atoms. The highest BCUT2D eigenvalue weighted by Gasteiger charge is 2.73. The summed E-state index contributed by atoms with van der Waals surface area (Å²) < 4.78 is 13.9. The zero-order chi connectivity index (χ0) is 29.3. The second-order valence-electron chi connectivity index (χ2n) is 16.0. The molecule has 5 heteroatoms. The molecular formula is C37H45NO4. The maximum absolute atomic E-state index is 13.0. The summed E-state index contributed by atoms with van der Waals surface area (Å²) in [5.41, 5.74) is 7.80. The van der Waals surface area contributed by atoms with Gasteiger partial charge in [-0.3, -0.25) is 0 Å². The van der Waals surface area contributed by atoms with E-state index in [1.165, 1.54) is 33.3 Å². The molecule has 3 saturated carbocycles. The molecule has 11 atom stereocenters. The molecular weight excluding hydrogens is 522 g/mol. The van der Waals surface area contributed by atoms with Gasteiger partial charge in [0, 0.05) is 38.9 Å². The lowest BCUT2D eigenvalue weighted by atomic mass is 9.42. The number of aliphatic hydroxyl groups excluding tert-OH is 1. The van der Waals surface area contributed by atoms with Crippen LogP contribution < -0.4 is 0 Å². The predicted molar refractivity (Wildman–Crippen MR) is 163 cm³/mol. The maximum atomic E-state index is 13.0. The molecule has 3 N–H and O–H groups in total. The molecule has 5 aliphatic carbocycles. The fourth-order valence-corrected chi connectivity index (χ4v) is 11.7. The first kappa shape index (κ1) is 26.2. The van der Waals surface area contributed by atoms with E-state index in [-0.39, 0.29) is 29.1 Å². The van der Waals surface area contributed by atoms with Crippen molar-refractivity contribution in [2.75, 3.05) is 0 Å². The average molecular weight is 568 g/mol. The predicted octanol–water partition coefficient (Wildman–Crippen LogP) is 6.69. The zero-order valence-corrected chi connectivity index (χ0v) is 25.7. The normalized spacial score (nSPS) is 47.4. The molecule has 3 fully saturated rings. The van der Waals surface area contributed by atoms with E-state index in [2.05, 4.69) is 58.0 Å². The summed E-state index contributed by atoms with van der Waals surface area (Å²) in [6.07, 6.45) is 5.79. The number of nitrogens with one attached hydrogen (secondary N) is 1. The molecule has 1 aromatic heterocycles. The second kappa shape index (κ2) is 7.72. The van der Waals surface area contributed by atoms with E-state index >= 15 is 0 Å². The van der Waals surface area contributed by atoms with Gasteiger partial charge < -0.3 is 24.7 Å². The average Bonchev–Trinajstić information content (AvgIpc) is 3.38. The van der Waals surface area contributed by atoms with Gasteiger partial charge in [0.2, 0.25) is 0 Å². The van der Waals surface area contributed by atoms with Crippen LogP contribution in [0.5, 0.6) is 0 Å². The molecule has 0 bridgehead atoms. The van der Waals surface area contributed by atoms with Gasteiger partial charge in [-0.1, -0.05) is 38.6 Å². The molecule has 2 aromatic rings. The van der Waals surface area contributed by atoms with Crippen LogP contribution in [0.3, 0.4) is 0 Å². The molecule has 9 rings (SSSR count). The third-order valence-electron chi connectivity index (χ3n) is 14.1. The number of aromatic amines is 1. The molecule has 1 aromatic carbocycles. The molecule has 222 valence electrons. The smallest absolute Gasteiger partial charge is 0.108 e. The molecule has 2 aliphatic heterocycles. The minimum absolute atomic E-state index is 0.0144. The van der Waals surface area contributed by atoms with Crippen LogP contribution in [0.15, 0.2) is 48.1 Å². The summed E-state index contributed by atoms with van der Waals surface area (Å²) >= 11 is 0. The van der Waals surface area contributed by atoms with Gasteiger partial charge >= 0.3 is 0 Å². The van der Waals surface area contributed by atoms with Gasteiger partial charge in [-0.15, -0.1) is 0 Å². The number of aliphatic hydroxyl groups is 2.